The molecule has 0 amide bonds. The van der Waals surface area contributed by atoms with E-state index in [0.29, 0.717) is 5.76 Å². The minimum Gasteiger partial charge on any atom is -0.487 e. The van der Waals surface area contributed by atoms with E-state index in [1.165, 1.54) is 6.08 Å². The van der Waals surface area contributed by atoms with Gasteiger partial charge in [0.1, 0.15) is 0 Å². The van der Waals surface area contributed by atoms with Crippen LogP contribution in [0.3, 0.4) is 0 Å². The monoisotopic (exact) mass is 298 g/mol. The second kappa shape index (κ2) is 5.74. The fourth-order valence-corrected chi connectivity index (χ4v) is 3.24. The highest BCUT2D eigenvalue weighted by Gasteiger charge is 2.58. The van der Waals surface area contributed by atoms with Gasteiger partial charge >= 0.3 is 0 Å². The van der Waals surface area contributed by atoms with Gasteiger partial charge in [0.05, 0.1) is 12.2 Å². The Labute approximate surface area is 122 Å². The molecule has 5 heteroatoms. The molecule has 114 valence electrons. The summed E-state index contributed by atoms with van der Waals surface area (Å²) in [6.07, 6.45) is 1.38. The maximum atomic E-state index is 12.5. The maximum Gasteiger partial charge on any atom is 0.243 e. The van der Waals surface area contributed by atoms with Crippen molar-refractivity contribution in [2.24, 2.45) is 0 Å². The molecule has 1 atom stereocenters. The molecule has 0 saturated carbocycles. The summed E-state index contributed by atoms with van der Waals surface area (Å²) in [5.74, 6) is 0.537. The molecule has 1 rings (SSSR count). The van der Waals surface area contributed by atoms with Gasteiger partial charge in [0, 0.05) is 0 Å². The first kappa shape index (κ1) is 17.0. The van der Waals surface area contributed by atoms with Crippen molar-refractivity contribution in [1.29, 1.82) is 0 Å². The van der Waals surface area contributed by atoms with Crippen molar-refractivity contribution < 1.29 is 18.7 Å². The Kier molecular flexibility index (Phi) is 4.87. The smallest absolute Gasteiger partial charge is 0.243 e. The summed E-state index contributed by atoms with van der Waals surface area (Å²) in [5.41, 5.74) is -1.17. The molecule has 0 bridgehead atoms. The summed E-state index contributed by atoms with van der Waals surface area (Å²) >= 11 is 0. The van der Waals surface area contributed by atoms with Gasteiger partial charge in [-0.15, -0.1) is 0 Å². The van der Waals surface area contributed by atoms with Crippen LogP contribution in [0.1, 0.15) is 27.7 Å². The van der Waals surface area contributed by atoms with Crippen LogP contribution in [0, 0.1) is 0 Å². The molecule has 0 N–H and O–H groups in total. The number of hydrogen-bond acceptors (Lipinski definition) is 4. The molecule has 0 aromatic heterocycles. The van der Waals surface area contributed by atoms with Crippen molar-refractivity contribution >= 4 is 14.1 Å². The molecule has 20 heavy (non-hydrogen) atoms. The Bertz CT molecular complexity index is 432. The Hall–Kier alpha value is -1.07. The third-order valence-electron chi connectivity index (χ3n) is 2.55. The molecule has 0 saturated heterocycles. The summed E-state index contributed by atoms with van der Waals surface area (Å²) in [5, 5.41) is 0. The third-order valence-corrected chi connectivity index (χ3v) is 3.48. The van der Waals surface area contributed by atoms with Gasteiger partial charge in [-0.25, -0.2) is 0 Å². The van der Waals surface area contributed by atoms with Crippen LogP contribution in [-0.2, 0) is 18.7 Å². The van der Waals surface area contributed by atoms with Crippen molar-refractivity contribution in [2.45, 2.75) is 65.1 Å². The molecule has 1 unspecified atom stereocenters. The van der Waals surface area contributed by atoms with Crippen molar-refractivity contribution in [3.63, 3.8) is 0 Å². The summed E-state index contributed by atoms with van der Waals surface area (Å²) < 4.78 is 17.4. The molecule has 0 heterocycles. The first-order valence-corrected chi connectivity index (χ1v) is 10.4. The quantitative estimate of drug-likeness (QED) is 0.534. The van der Waals surface area contributed by atoms with Crippen LogP contribution < -0.4 is 0 Å². The molecule has 1 aliphatic rings. The molecular formula is C15H26O4Si. The number of Topliss-reactive ketones (excluding diaryl/α,β-unsaturated/α-hetero) is 1. The van der Waals surface area contributed by atoms with E-state index in [-0.39, 0.29) is 23.8 Å². The number of rotatable bonds is 7. The highest BCUT2D eigenvalue weighted by atomic mass is 28.4. The minimum atomic E-state index is -1.95. The molecule has 0 aromatic rings. The third kappa shape index (κ3) is 3.33. The molecule has 0 fully saturated rings. The van der Waals surface area contributed by atoms with E-state index in [1.54, 1.807) is 0 Å². The lowest BCUT2D eigenvalue weighted by atomic mass is 9.83. The van der Waals surface area contributed by atoms with Gasteiger partial charge < -0.3 is 13.9 Å². The first-order valence-electron chi connectivity index (χ1n) is 7.00. The van der Waals surface area contributed by atoms with E-state index < -0.39 is 13.9 Å². The average molecular weight is 298 g/mol. The number of ether oxygens (including phenoxy) is 2. The van der Waals surface area contributed by atoms with Gasteiger partial charge in [-0.1, -0.05) is 6.58 Å². The van der Waals surface area contributed by atoms with Gasteiger partial charge in [0.25, 0.3) is 0 Å². The molecule has 0 aliphatic heterocycles. The van der Waals surface area contributed by atoms with E-state index in [4.69, 9.17) is 13.9 Å². The molecule has 0 spiro atoms. The highest BCUT2D eigenvalue weighted by molar-refractivity contribution is 6.70. The van der Waals surface area contributed by atoms with Gasteiger partial charge in [-0.2, -0.15) is 0 Å². The zero-order valence-corrected chi connectivity index (χ0v) is 14.6. The summed E-state index contributed by atoms with van der Waals surface area (Å²) in [7, 11) is -1.95. The van der Waals surface area contributed by atoms with Crippen molar-refractivity contribution in [1.82, 2.24) is 0 Å². The number of hydrogen-bond donors (Lipinski definition) is 0. The number of carbonyl (C=O) groups is 1. The topological polar surface area (TPSA) is 44.8 Å². The predicted octanol–water partition coefficient (Wildman–Crippen LogP) is 3.41. The molecule has 0 radical (unpaired) electrons. The molecular weight excluding hydrogens is 272 g/mol. The molecule has 0 aromatic carbocycles. The Morgan fingerprint density at radius 1 is 1.10 bits per heavy atom. The second-order valence-corrected chi connectivity index (χ2v) is 10.9. The number of ketones is 1. The van der Waals surface area contributed by atoms with Gasteiger partial charge in [0.2, 0.25) is 17.1 Å². The van der Waals surface area contributed by atoms with Crippen molar-refractivity contribution in [3.05, 3.63) is 24.2 Å². The van der Waals surface area contributed by atoms with E-state index in [1.807, 2.05) is 47.3 Å². The normalized spacial score (nSPS) is 23.1. The lowest BCUT2D eigenvalue weighted by Gasteiger charge is -2.44. The Balaban J connectivity index is 3.21. The maximum absolute atomic E-state index is 12.5. The van der Waals surface area contributed by atoms with Crippen LogP contribution in [0.4, 0.5) is 0 Å². The van der Waals surface area contributed by atoms with Gasteiger partial charge in [-0.3, -0.25) is 4.79 Å². The lowest BCUT2D eigenvalue weighted by Crippen LogP contribution is -2.57. The zero-order valence-electron chi connectivity index (χ0n) is 13.6. The van der Waals surface area contributed by atoms with Crippen molar-refractivity contribution in [3.8, 4) is 0 Å². The fourth-order valence-electron chi connectivity index (χ4n) is 2.00. The average Bonchev–Trinajstić information content (AvgIpc) is 2.29. The highest BCUT2D eigenvalue weighted by Crippen LogP contribution is 2.43. The van der Waals surface area contributed by atoms with Gasteiger partial charge in [0.15, 0.2) is 14.1 Å². The van der Waals surface area contributed by atoms with E-state index >= 15 is 0 Å². The summed E-state index contributed by atoms with van der Waals surface area (Å²) in [6, 6.07) is 0. The zero-order chi connectivity index (χ0) is 15.7. The van der Waals surface area contributed by atoms with Crippen LogP contribution in [0.15, 0.2) is 24.2 Å². The molecule has 4 nitrogen and oxygen atoms in total. The standard InChI is InChI=1S/C15H26O4Si/c1-9-15(19-20(6,7)8)13(16)12(17-10(2)3)14(15)18-11(4)5/h9-11H,1H2,2-8H3. The van der Waals surface area contributed by atoms with Crippen LogP contribution in [-0.4, -0.2) is 31.9 Å². The number of carbonyl (C=O) groups excluding carboxylic acids is 1. The van der Waals surface area contributed by atoms with Gasteiger partial charge in [-0.05, 0) is 53.4 Å². The largest absolute Gasteiger partial charge is 0.487 e. The van der Waals surface area contributed by atoms with Crippen molar-refractivity contribution in [2.75, 3.05) is 0 Å². The SMILES string of the molecule is C=CC1(O[Si](C)(C)C)C(=O)C(OC(C)C)=C1OC(C)C. The van der Waals surface area contributed by atoms with E-state index in [2.05, 4.69) is 6.58 Å². The Morgan fingerprint density at radius 3 is 1.95 bits per heavy atom. The van der Waals surface area contributed by atoms with Crippen LogP contribution >= 0.6 is 0 Å². The molecule has 1 aliphatic carbocycles. The fraction of sp³-hybridized carbons (Fsp3) is 0.667. The summed E-state index contributed by atoms with van der Waals surface area (Å²) in [6.45, 7) is 17.4. The summed E-state index contributed by atoms with van der Waals surface area (Å²) in [4.78, 5) is 12.5. The minimum absolute atomic E-state index is 0.0616. The van der Waals surface area contributed by atoms with E-state index in [0.717, 1.165) is 0 Å². The van der Waals surface area contributed by atoms with Crippen LogP contribution in [0.2, 0.25) is 19.6 Å². The Morgan fingerprint density at radius 2 is 1.60 bits per heavy atom. The van der Waals surface area contributed by atoms with Crippen LogP contribution in [0.5, 0.6) is 0 Å². The first-order chi connectivity index (χ1) is 9.03. The van der Waals surface area contributed by atoms with Crippen LogP contribution in [0.25, 0.3) is 0 Å². The van der Waals surface area contributed by atoms with E-state index in [9.17, 15) is 4.79 Å². The predicted molar refractivity (Wildman–Crippen MR) is 81.8 cm³/mol. The lowest BCUT2D eigenvalue weighted by molar-refractivity contribution is -0.142. The second-order valence-electron chi connectivity index (χ2n) is 6.47.